The van der Waals surface area contributed by atoms with Gasteiger partial charge in [0.15, 0.2) is 11.5 Å². The van der Waals surface area contributed by atoms with E-state index in [1.165, 1.54) is 11.0 Å². The molecular formula is C19H15F4N5O. The van der Waals surface area contributed by atoms with Crippen LogP contribution in [0.3, 0.4) is 0 Å². The zero-order valence-electron chi connectivity index (χ0n) is 15.2. The molecule has 0 radical (unpaired) electrons. The van der Waals surface area contributed by atoms with E-state index >= 15 is 0 Å². The number of pyridine rings is 2. The number of halogens is 4. The van der Waals surface area contributed by atoms with Gasteiger partial charge in [0.1, 0.15) is 11.4 Å². The molecule has 4 rings (SSSR count). The van der Waals surface area contributed by atoms with E-state index in [2.05, 4.69) is 21.6 Å². The fourth-order valence-electron chi connectivity index (χ4n) is 3.23. The van der Waals surface area contributed by atoms with Gasteiger partial charge in [0.25, 0.3) is 5.91 Å². The summed E-state index contributed by atoms with van der Waals surface area (Å²) in [6.07, 6.45) is -3.40. The highest BCUT2D eigenvalue weighted by molar-refractivity contribution is 5.92. The van der Waals surface area contributed by atoms with Gasteiger partial charge in [0.2, 0.25) is 0 Å². The van der Waals surface area contributed by atoms with Gasteiger partial charge in [-0.25, -0.2) is 14.1 Å². The van der Waals surface area contributed by atoms with Gasteiger partial charge in [0.05, 0.1) is 6.04 Å². The Hall–Kier alpha value is -3.30. The molecule has 3 aromatic heterocycles. The molecule has 10 heteroatoms. The maximum atomic E-state index is 13.0. The molecule has 0 saturated carbocycles. The summed E-state index contributed by atoms with van der Waals surface area (Å²) >= 11 is 0. The van der Waals surface area contributed by atoms with Crippen molar-refractivity contribution in [3.8, 4) is 11.3 Å². The molecule has 1 amide bonds. The molecule has 0 spiro atoms. The van der Waals surface area contributed by atoms with E-state index in [0.717, 1.165) is 18.0 Å². The summed E-state index contributed by atoms with van der Waals surface area (Å²) in [6, 6.07) is 5.55. The maximum absolute atomic E-state index is 13.0. The number of likely N-dealkylation sites (tertiary alicyclic amines) is 1. The summed E-state index contributed by atoms with van der Waals surface area (Å²) in [5.74, 6) is -1.80. The highest BCUT2D eigenvalue weighted by Crippen LogP contribution is 2.33. The predicted octanol–water partition coefficient (Wildman–Crippen LogP) is 3.69. The second-order valence-corrected chi connectivity index (χ2v) is 6.82. The molecule has 6 nitrogen and oxygen atoms in total. The van der Waals surface area contributed by atoms with Gasteiger partial charge in [-0.05, 0) is 31.2 Å². The molecule has 29 heavy (non-hydrogen) atoms. The molecular weight excluding hydrogens is 390 g/mol. The van der Waals surface area contributed by atoms with Crippen molar-refractivity contribution >= 4 is 16.9 Å². The monoisotopic (exact) mass is 405 g/mol. The summed E-state index contributed by atoms with van der Waals surface area (Å²) in [5.41, 5.74) is 1.14. The highest BCUT2D eigenvalue weighted by atomic mass is 19.4. The number of hydrogen-bond acceptors (Lipinski definition) is 4. The Morgan fingerprint density at radius 3 is 2.52 bits per heavy atom. The number of aryl methyl sites for hydroxylation is 1. The highest BCUT2D eigenvalue weighted by Gasteiger charge is 2.36. The summed E-state index contributed by atoms with van der Waals surface area (Å²) in [4.78, 5) is 21.0. The van der Waals surface area contributed by atoms with Crippen LogP contribution >= 0.6 is 0 Å². The van der Waals surface area contributed by atoms with Gasteiger partial charge in [0, 0.05) is 35.9 Å². The van der Waals surface area contributed by atoms with Crippen LogP contribution in [-0.4, -0.2) is 43.6 Å². The number of carbonyl (C=O) groups is 1. The van der Waals surface area contributed by atoms with Crippen LogP contribution in [0.25, 0.3) is 22.3 Å². The smallest absolute Gasteiger partial charge is 0.332 e. The Kier molecular flexibility index (Phi) is 4.36. The van der Waals surface area contributed by atoms with Crippen molar-refractivity contribution in [2.75, 3.05) is 13.1 Å². The predicted molar refractivity (Wildman–Crippen MR) is 96.4 cm³/mol. The molecule has 150 valence electrons. The van der Waals surface area contributed by atoms with E-state index in [1.54, 1.807) is 23.7 Å². The third-order valence-electron chi connectivity index (χ3n) is 4.75. The van der Waals surface area contributed by atoms with Crippen LogP contribution in [0.5, 0.6) is 0 Å². The van der Waals surface area contributed by atoms with E-state index in [1.807, 2.05) is 0 Å². The van der Waals surface area contributed by atoms with Crippen molar-refractivity contribution < 1.29 is 22.4 Å². The van der Waals surface area contributed by atoms with Crippen molar-refractivity contribution in [1.82, 2.24) is 24.6 Å². The van der Waals surface area contributed by atoms with Crippen LogP contribution in [0.2, 0.25) is 0 Å². The number of alkyl halides is 3. The van der Waals surface area contributed by atoms with Crippen LogP contribution in [0.4, 0.5) is 17.6 Å². The number of nitrogens with zero attached hydrogens (tertiary/aromatic N) is 5. The number of carbonyl (C=O) groups excluding carboxylic acids is 1. The van der Waals surface area contributed by atoms with Crippen LogP contribution in [0.1, 0.15) is 17.4 Å². The summed E-state index contributed by atoms with van der Waals surface area (Å²) in [7, 11) is 0. The minimum atomic E-state index is -4.53. The van der Waals surface area contributed by atoms with E-state index in [4.69, 9.17) is 0 Å². The SMILES string of the molecule is C=C(F)C(=O)N1CC(n2nc(-c3ccc(C(F)(F)F)nc3)c3ccc(C)nc32)C1. The first kappa shape index (κ1) is 19.0. The van der Waals surface area contributed by atoms with Gasteiger partial charge in [-0.2, -0.15) is 18.3 Å². The molecule has 0 unspecified atom stereocenters. The van der Waals surface area contributed by atoms with Crippen LogP contribution in [0.15, 0.2) is 42.9 Å². The Morgan fingerprint density at radius 1 is 1.21 bits per heavy atom. The Labute approximate surface area is 162 Å². The van der Waals surface area contributed by atoms with Crippen molar-refractivity contribution in [2.45, 2.75) is 19.1 Å². The molecule has 4 heterocycles. The molecule has 1 fully saturated rings. The van der Waals surface area contributed by atoms with Gasteiger partial charge in [-0.1, -0.05) is 6.58 Å². The lowest BCUT2D eigenvalue weighted by atomic mass is 10.1. The standard InChI is InChI=1S/C19H15F4N5O/c1-10-3-5-14-16(12-4-6-15(24-7-12)19(21,22)23)26-28(17(14)25-10)13-8-27(9-13)18(29)11(2)20/h3-7,13H,2,8-9H2,1H3. The zero-order chi connectivity index (χ0) is 20.9. The first-order valence-corrected chi connectivity index (χ1v) is 8.68. The lowest BCUT2D eigenvalue weighted by Gasteiger charge is -2.38. The number of hydrogen-bond donors (Lipinski definition) is 0. The second kappa shape index (κ2) is 6.64. The Morgan fingerprint density at radius 2 is 1.93 bits per heavy atom. The lowest BCUT2D eigenvalue weighted by molar-refractivity contribution is -0.141. The van der Waals surface area contributed by atoms with Gasteiger partial charge in [-0.15, -0.1) is 0 Å². The fourth-order valence-corrected chi connectivity index (χ4v) is 3.23. The zero-order valence-corrected chi connectivity index (χ0v) is 15.2. The molecule has 0 atom stereocenters. The van der Waals surface area contributed by atoms with Gasteiger partial charge >= 0.3 is 6.18 Å². The van der Waals surface area contributed by atoms with E-state index in [9.17, 15) is 22.4 Å². The molecule has 1 aliphatic heterocycles. The molecule has 1 aliphatic rings. The van der Waals surface area contributed by atoms with Crippen LogP contribution in [-0.2, 0) is 11.0 Å². The van der Waals surface area contributed by atoms with Crippen LogP contribution < -0.4 is 0 Å². The maximum Gasteiger partial charge on any atom is 0.433 e. The minimum Gasteiger partial charge on any atom is -0.332 e. The van der Waals surface area contributed by atoms with E-state index in [0.29, 0.717) is 22.3 Å². The first-order valence-electron chi connectivity index (χ1n) is 8.68. The third-order valence-corrected chi connectivity index (χ3v) is 4.75. The van der Waals surface area contributed by atoms with Gasteiger partial charge < -0.3 is 4.90 Å². The summed E-state index contributed by atoms with van der Waals surface area (Å²) < 4.78 is 53.0. The number of fused-ring (bicyclic) bond motifs is 1. The molecule has 0 bridgehead atoms. The molecule has 0 N–H and O–H groups in total. The normalized spacial score (nSPS) is 14.9. The Balaban J connectivity index is 1.72. The second-order valence-electron chi connectivity index (χ2n) is 6.82. The molecule has 0 aromatic carbocycles. The molecule has 0 aliphatic carbocycles. The van der Waals surface area contributed by atoms with Crippen molar-refractivity contribution in [3.05, 3.63) is 54.3 Å². The summed E-state index contributed by atoms with van der Waals surface area (Å²) in [6.45, 7) is 5.28. The van der Waals surface area contributed by atoms with E-state index in [-0.39, 0.29) is 19.1 Å². The van der Waals surface area contributed by atoms with Crippen LogP contribution in [0, 0.1) is 6.92 Å². The number of amides is 1. The number of aromatic nitrogens is 4. The van der Waals surface area contributed by atoms with Crippen molar-refractivity contribution in [2.24, 2.45) is 0 Å². The summed E-state index contributed by atoms with van der Waals surface area (Å²) in [5, 5.41) is 5.18. The minimum absolute atomic E-state index is 0.230. The number of rotatable bonds is 3. The topological polar surface area (TPSA) is 63.9 Å². The van der Waals surface area contributed by atoms with E-state index < -0.39 is 23.6 Å². The fraction of sp³-hybridized carbons (Fsp3) is 0.263. The van der Waals surface area contributed by atoms with Gasteiger partial charge in [-0.3, -0.25) is 9.78 Å². The molecule has 3 aromatic rings. The van der Waals surface area contributed by atoms with Crippen molar-refractivity contribution in [1.29, 1.82) is 0 Å². The largest absolute Gasteiger partial charge is 0.433 e. The van der Waals surface area contributed by atoms with Crippen molar-refractivity contribution in [3.63, 3.8) is 0 Å². The lowest BCUT2D eigenvalue weighted by Crippen LogP contribution is -2.51. The molecule has 1 saturated heterocycles. The Bertz CT molecular complexity index is 1110. The quantitative estimate of drug-likeness (QED) is 0.493. The first-order chi connectivity index (χ1) is 13.6. The average molecular weight is 405 g/mol. The average Bonchev–Trinajstić information content (AvgIpc) is 2.98. The third kappa shape index (κ3) is 3.34.